The van der Waals surface area contributed by atoms with Crippen LogP contribution in [-0.4, -0.2) is 12.5 Å². The molecule has 0 spiro atoms. The number of carbonyl (C=O) groups is 1. The second kappa shape index (κ2) is 7.74. The number of rotatable bonds is 6. The summed E-state index contributed by atoms with van der Waals surface area (Å²) >= 11 is 5.82. The van der Waals surface area contributed by atoms with Crippen molar-refractivity contribution < 1.29 is 4.79 Å². The minimum Gasteiger partial charge on any atom is -0.298 e. The lowest BCUT2D eigenvalue weighted by Crippen LogP contribution is -1.92. The average Bonchev–Trinajstić information content (AvgIpc) is 2.19. The first kappa shape index (κ1) is 13.4. The lowest BCUT2D eigenvalue weighted by Gasteiger charge is -2.02. The highest BCUT2D eigenvalue weighted by molar-refractivity contribution is 6.31. The maximum absolute atomic E-state index is 10.5. The maximum Gasteiger partial charge on any atom is 0.149 e. The third-order valence-electron chi connectivity index (χ3n) is 2.20. The van der Waals surface area contributed by atoms with Gasteiger partial charge >= 0.3 is 0 Å². The van der Waals surface area contributed by atoms with Crippen molar-refractivity contribution in [2.24, 2.45) is 10.9 Å². The van der Waals surface area contributed by atoms with Gasteiger partial charge in [-0.1, -0.05) is 38.8 Å². The first-order chi connectivity index (χ1) is 6.65. The quantitative estimate of drug-likeness (QED) is 0.288. The molecule has 80 valence electrons. The molecule has 0 aliphatic carbocycles. The molecule has 14 heavy (non-hydrogen) atoms. The van der Waals surface area contributed by atoms with Crippen LogP contribution in [0.4, 0.5) is 0 Å². The van der Waals surface area contributed by atoms with E-state index in [1.165, 1.54) is 0 Å². The lowest BCUT2D eigenvalue weighted by atomic mass is 10.1. The van der Waals surface area contributed by atoms with Crippen LogP contribution in [0.15, 0.2) is 15.7 Å². The Kier molecular flexibility index (Phi) is 7.40. The molecule has 0 bridgehead atoms. The van der Waals surface area contributed by atoms with Gasteiger partial charge in [-0.2, -0.15) is 0 Å². The van der Waals surface area contributed by atoms with Gasteiger partial charge in [0.25, 0.3) is 0 Å². The summed E-state index contributed by atoms with van der Waals surface area (Å²) in [5, 5.41) is 0.325. The van der Waals surface area contributed by atoms with Crippen molar-refractivity contribution in [3.63, 3.8) is 0 Å². The van der Waals surface area contributed by atoms with E-state index in [1.807, 2.05) is 6.92 Å². The van der Waals surface area contributed by atoms with E-state index in [2.05, 4.69) is 18.8 Å². The monoisotopic (exact) mass is 215 g/mol. The molecule has 0 aromatic heterocycles. The molecule has 0 N–H and O–H groups in total. The summed E-state index contributed by atoms with van der Waals surface area (Å²) < 4.78 is 0. The number of nitrogens with zero attached hydrogens (tertiary/aromatic N) is 1. The van der Waals surface area contributed by atoms with Gasteiger partial charge in [0.15, 0.2) is 0 Å². The zero-order chi connectivity index (χ0) is 11.0. The topological polar surface area (TPSA) is 29.4 Å². The Morgan fingerprint density at radius 1 is 1.50 bits per heavy atom. The third-order valence-corrected chi connectivity index (χ3v) is 2.54. The van der Waals surface area contributed by atoms with Crippen molar-refractivity contribution in [1.82, 2.24) is 0 Å². The molecular formula is C11H18ClNO. The highest BCUT2D eigenvalue weighted by atomic mass is 35.5. The number of halogens is 1. The van der Waals surface area contributed by atoms with Crippen molar-refractivity contribution in [3.8, 4) is 0 Å². The fourth-order valence-electron chi connectivity index (χ4n) is 0.840. The molecule has 1 unspecified atom stereocenters. The fraction of sp³-hybridized carbons (Fsp3) is 0.636. The number of aldehydes is 1. The number of carbonyl (C=O) groups excluding carboxylic acids is 1. The highest BCUT2D eigenvalue weighted by Crippen LogP contribution is 2.12. The Balaban J connectivity index is 4.22. The molecule has 0 saturated carbocycles. The summed E-state index contributed by atoms with van der Waals surface area (Å²) in [6.07, 6.45) is 5.21. The molecule has 0 amide bonds. The van der Waals surface area contributed by atoms with Gasteiger partial charge in [-0.3, -0.25) is 4.79 Å². The summed E-state index contributed by atoms with van der Waals surface area (Å²) in [4.78, 5) is 14.6. The molecule has 0 heterocycles. The fourth-order valence-corrected chi connectivity index (χ4v) is 1.09. The summed E-state index contributed by atoms with van der Waals surface area (Å²) in [7, 11) is 0. The normalized spacial score (nSPS) is 15.4. The van der Waals surface area contributed by atoms with Crippen LogP contribution in [-0.2, 0) is 4.79 Å². The smallest absolute Gasteiger partial charge is 0.149 e. The van der Waals surface area contributed by atoms with Crippen molar-refractivity contribution in [2.75, 3.05) is 0 Å². The first-order valence-corrected chi connectivity index (χ1v) is 5.39. The average molecular weight is 216 g/mol. The van der Waals surface area contributed by atoms with Gasteiger partial charge < -0.3 is 0 Å². The third kappa shape index (κ3) is 5.18. The molecule has 0 radical (unpaired) electrons. The molecule has 1 atom stereocenters. The molecule has 0 aromatic rings. The van der Waals surface area contributed by atoms with Gasteiger partial charge in [0, 0.05) is 11.8 Å². The van der Waals surface area contributed by atoms with Crippen molar-refractivity contribution in [1.29, 1.82) is 0 Å². The van der Waals surface area contributed by atoms with E-state index in [9.17, 15) is 4.79 Å². The second-order valence-electron chi connectivity index (χ2n) is 3.35. The van der Waals surface area contributed by atoms with Crippen LogP contribution in [0.3, 0.4) is 0 Å². The van der Waals surface area contributed by atoms with Gasteiger partial charge in [-0.25, -0.2) is 4.99 Å². The van der Waals surface area contributed by atoms with Crippen LogP contribution in [0.5, 0.6) is 0 Å². The Bertz CT molecular complexity index is 233. The maximum atomic E-state index is 10.5. The molecule has 3 heteroatoms. The summed E-state index contributed by atoms with van der Waals surface area (Å²) in [5.74, 6) is 0.615. The molecule has 0 saturated heterocycles. The standard InChI is InChI=1S/C11H18ClNO/c1-4-9(3)6-7-13-11(12)10(5-2)8-14/h7-9H,4-6H2,1-3H3. The number of aliphatic imine (C=N–C) groups is 1. The largest absolute Gasteiger partial charge is 0.298 e. The van der Waals surface area contributed by atoms with Crippen LogP contribution in [0.2, 0.25) is 0 Å². The van der Waals surface area contributed by atoms with Crippen LogP contribution in [0.25, 0.3) is 0 Å². The van der Waals surface area contributed by atoms with Gasteiger partial charge in [-0.15, -0.1) is 0 Å². The van der Waals surface area contributed by atoms with Gasteiger partial charge in [0.2, 0.25) is 0 Å². The predicted octanol–water partition coefficient (Wildman–Crippen LogP) is 3.55. The zero-order valence-electron chi connectivity index (χ0n) is 9.09. The van der Waals surface area contributed by atoms with Crippen molar-refractivity contribution in [2.45, 2.75) is 40.0 Å². The van der Waals surface area contributed by atoms with Gasteiger partial charge in [-0.05, 0) is 18.8 Å². The Morgan fingerprint density at radius 3 is 2.57 bits per heavy atom. The van der Waals surface area contributed by atoms with E-state index >= 15 is 0 Å². The van der Waals surface area contributed by atoms with E-state index in [4.69, 9.17) is 11.6 Å². The van der Waals surface area contributed by atoms with Gasteiger partial charge in [0.05, 0.1) is 0 Å². The molecule has 0 aliphatic heterocycles. The summed E-state index contributed by atoms with van der Waals surface area (Å²) in [6, 6.07) is 0. The zero-order valence-corrected chi connectivity index (χ0v) is 9.84. The minimum atomic E-state index is 0.325. The Morgan fingerprint density at radius 2 is 2.14 bits per heavy atom. The highest BCUT2D eigenvalue weighted by Gasteiger charge is 1.99. The van der Waals surface area contributed by atoms with E-state index in [0.717, 1.165) is 19.1 Å². The van der Waals surface area contributed by atoms with Crippen LogP contribution in [0, 0.1) is 5.92 Å². The van der Waals surface area contributed by atoms with E-state index in [1.54, 1.807) is 6.21 Å². The molecule has 2 nitrogen and oxygen atoms in total. The second-order valence-corrected chi connectivity index (χ2v) is 3.71. The first-order valence-electron chi connectivity index (χ1n) is 5.02. The van der Waals surface area contributed by atoms with E-state index in [0.29, 0.717) is 23.1 Å². The number of hydrogen-bond donors (Lipinski definition) is 0. The molecule has 0 aromatic carbocycles. The van der Waals surface area contributed by atoms with E-state index in [-0.39, 0.29) is 0 Å². The van der Waals surface area contributed by atoms with Crippen LogP contribution in [0.1, 0.15) is 40.0 Å². The summed E-state index contributed by atoms with van der Waals surface area (Å²) in [6.45, 7) is 6.18. The minimum absolute atomic E-state index is 0.325. The van der Waals surface area contributed by atoms with Crippen molar-refractivity contribution in [3.05, 3.63) is 10.7 Å². The summed E-state index contributed by atoms with van der Waals surface area (Å²) in [5.41, 5.74) is 0.562. The SMILES string of the molecule is CCC(C=O)=C(Cl)N=CCC(C)CC. The molecule has 0 rings (SSSR count). The number of allylic oxidation sites excluding steroid dienone is 1. The molecule has 0 aliphatic rings. The van der Waals surface area contributed by atoms with Crippen molar-refractivity contribution >= 4 is 24.1 Å². The number of hydrogen-bond acceptors (Lipinski definition) is 2. The molecule has 0 fully saturated rings. The Hall–Kier alpha value is -0.630. The Labute approximate surface area is 91.1 Å². The van der Waals surface area contributed by atoms with Gasteiger partial charge in [0.1, 0.15) is 11.4 Å². The van der Waals surface area contributed by atoms with Crippen LogP contribution >= 0.6 is 11.6 Å². The van der Waals surface area contributed by atoms with E-state index < -0.39 is 0 Å². The lowest BCUT2D eigenvalue weighted by molar-refractivity contribution is -0.105. The predicted molar refractivity (Wildman–Crippen MR) is 61.8 cm³/mol. The van der Waals surface area contributed by atoms with Crippen LogP contribution < -0.4 is 0 Å². The molecular weight excluding hydrogens is 198 g/mol.